The van der Waals surface area contributed by atoms with Crippen molar-refractivity contribution in [3.63, 3.8) is 0 Å². The van der Waals surface area contributed by atoms with Crippen LogP contribution in [0.2, 0.25) is 0 Å². The number of aromatic nitrogens is 2. The highest BCUT2D eigenvalue weighted by Crippen LogP contribution is 2.25. The lowest BCUT2D eigenvalue weighted by atomic mass is 10.1. The standard InChI is InChI=1S/C23H27N3O3/c1-17-24-20-7-3-4-8-21(20)26(17)12-6-2-5-11-25-13-14-29-22-15-18(23(27)28)9-10-19(22)16-25/h3-4,7-10,15H,2,5-6,11-14,16H2,1H3,(H,27,28). The number of hydrogen-bond acceptors (Lipinski definition) is 4. The van der Waals surface area contributed by atoms with Crippen molar-refractivity contribution >= 4 is 17.0 Å². The number of aromatic carboxylic acids is 1. The highest BCUT2D eigenvalue weighted by Gasteiger charge is 2.17. The second-order valence-corrected chi connectivity index (χ2v) is 7.61. The molecule has 0 atom stereocenters. The Morgan fingerprint density at radius 2 is 1.97 bits per heavy atom. The Balaban J connectivity index is 1.27. The van der Waals surface area contributed by atoms with Crippen LogP contribution in [0.3, 0.4) is 0 Å². The molecule has 0 fully saturated rings. The molecule has 0 spiro atoms. The van der Waals surface area contributed by atoms with Crippen molar-refractivity contribution in [3.05, 3.63) is 59.4 Å². The quantitative estimate of drug-likeness (QED) is 0.612. The van der Waals surface area contributed by atoms with Crippen molar-refractivity contribution in [1.82, 2.24) is 14.5 Å². The van der Waals surface area contributed by atoms with Crippen LogP contribution in [0.15, 0.2) is 42.5 Å². The van der Waals surface area contributed by atoms with Crippen LogP contribution >= 0.6 is 0 Å². The summed E-state index contributed by atoms with van der Waals surface area (Å²) in [5.41, 5.74) is 3.62. The summed E-state index contributed by atoms with van der Waals surface area (Å²) < 4.78 is 8.10. The summed E-state index contributed by atoms with van der Waals surface area (Å²) in [6, 6.07) is 13.5. The largest absolute Gasteiger partial charge is 0.492 e. The third-order valence-electron chi connectivity index (χ3n) is 5.57. The van der Waals surface area contributed by atoms with Crippen LogP contribution in [-0.2, 0) is 13.1 Å². The van der Waals surface area contributed by atoms with Gasteiger partial charge in [0.05, 0.1) is 16.6 Å². The Kier molecular flexibility index (Phi) is 5.81. The Labute approximate surface area is 170 Å². The van der Waals surface area contributed by atoms with E-state index in [1.54, 1.807) is 12.1 Å². The van der Waals surface area contributed by atoms with Gasteiger partial charge in [-0.2, -0.15) is 0 Å². The normalized spacial score (nSPS) is 14.4. The molecule has 0 amide bonds. The number of ether oxygens (including phenoxy) is 1. The van der Waals surface area contributed by atoms with Gasteiger partial charge in [0.1, 0.15) is 18.2 Å². The maximum atomic E-state index is 11.1. The summed E-state index contributed by atoms with van der Waals surface area (Å²) in [6.45, 7) is 6.35. The van der Waals surface area contributed by atoms with E-state index in [2.05, 4.69) is 39.6 Å². The molecule has 152 valence electrons. The van der Waals surface area contributed by atoms with Gasteiger partial charge in [0.2, 0.25) is 0 Å². The topological polar surface area (TPSA) is 67.6 Å². The Morgan fingerprint density at radius 3 is 2.83 bits per heavy atom. The zero-order valence-corrected chi connectivity index (χ0v) is 16.8. The third-order valence-corrected chi connectivity index (χ3v) is 5.57. The summed E-state index contributed by atoms with van der Waals surface area (Å²) in [5.74, 6) is 0.862. The van der Waals surface area contributed by atoms with E-state index < -0.39 is 5.97 Å². The highest BCUT2D eigenvalue weighted by molar-refractivity contribution is 5.88. The van der Waals surface area contributed by atoms with E-state index in [9.17, 15) is 4.79 Å². The number of carboxylic acid groups (broad SMARTS) is 1. The van der Waals surface area contributed by atoms with Gasteiger partial charge in [-0.05, 0) is 50.6 Å². The summed E-state index contributed by atoms with van der Waals surface area (Å²) in [5, 5.41) is 9.15. The average molecular weight is 393 g/mol. The molecule has 0 aliphatic carbocycles. The molecule has 3 aromatic rings. The molecule has 6 nitrogen and oxygen atoms in total. The Hall–Kier alpha value is -2.86. The fourth-order valence-corrected chi connectivity index (χ4v) is 4.01. The van der Waals surface area contributed by atoms with Crippen LogP contribution < -0.4 is 4.74 Å². The molecule has 0 bridgehead atoms. The van der Waals surface area contributed by atoms with Crippen LogP contribution in [-0.4, -0.2) is 45.2 Å². The summed E-state index contributed by atoms with van der Waals surface area (Å²) in [7, 11) is 0. The molecule has 0 saturated carbocycles. The zero-order chi connectivity index (χ0) is 20.2. The van der Waals surface area contributed by atoms with Gasteiger partial charge >= 0.3 is 5.97 Å². The predicted molar refractivity (Wildman–Crippen MR) is 112 cm³/mol. The van der Waals surface area contributed by atoms with E-state index in [1.807, 2.05) is 12.1 Å². The Bertz CT molecular complexity index is 1010. The van der Waals surface area contributed by atoms with Gasteiger partial charge in [-0.15, -0.1) is 0 Å². The van der Waals surface area contributed by atoms with Crippen molar-refractivity contribution in [2.75, 3.05) is 19.7 Å². The lowest BCUT2D eigenvalue weighted by Crippen LogP contribution is -2.26. The first-order valence-electron chi connectivity index (χ1n) is 10.2. The fourth-order valence-electron chi connectivity index (χ4n) is 4.01. The molecule has 1 aromatic heterocycles. The first kappa shape index (κ1) is 19.5. The number of carboxylic acids is 1. The maximum absolute atomic E-state index is 11.1. The highest BCUT2D eigenvalue weighted by atomic mass is 16.5. The van der Waals surface area contributed by atoms with E-state index in [-0.39, 0.29) is 5.56 Å². The number of aryl methyl sites for hydroxylation is 2. The van der Waals surface area contributed by atoms with E-state index in [0.29, 0.717) is 12.4 Å². The van der Waals surface area contributed by atoms with Crippen LogP contribution in [0, 0.1) is 6.92 Å². The summed E-state index contributed by atoms with van der Waals surface area (Å²) in [6.07, 6.45) is 3.42. The van der Waals surface area contributed by atoms with Crippen molar-refractivity contribution in [3.8, 4) is 5.75 Å². The molecule has 0 saturated heterocycles. The monoisotopic (exact) mass is 393 g/mol. The van der Waals surface area contributed by atoms with Crippen LogP contribution in [0.5, 0.6) is 5.75 Å². The van der Waals surface area contributed by atoms with Crippen molar-refractivity contribution in [2.24, 2.45) is 0 Å². The lowest BCUT2D eigenvalue weighted by Gasteiger charge is -2.19. The van der Waals surface area contributed by atoms with Gasteiger partial charge in [0, 0.05) is 25.2 Å². The van der Waals surface area contributed by atoms with E-state index in [0.717, 1.165) is 62.3 Å². The number of unbranched alkanes of at least 4 members (excludes halogenated alkanes) is 2. The number of carbonyl (C=O) groups is 1. The molecule has 0 unspecified atom stereocenters. The average Bonchev–Trinajstić information content (AvgIpc) is 2.89. The van der Waals surface area contributed by atoms with Gasteiger partial charge in [0.15, 0.2) is 0 Å². The lowest BCUT2D eigenvalue weighted by molar-refractivity contribution is 0.0696. The smallest absolute Gasteiger partial charge is 0.335 e. The van der Waals surface area contributed by atoms with E-state index in [4.69, 9.17) is 9.84 Å². The van der Waals surface area contributed by atoms with Crippen LogP contribution in [0.1, 0.15) is 41.0 Å². The fraction of sp³-hybridized carbons (Fsp3) is 0.391. The second-order valence-electron chi connectivity index (χ2n) is 7.61. The van der Waals surface area contributed by atoms with Gasteiger partial charge < -0.3 is 14.4 Å². The minimum atomic E-state index is -0.918. The molecule has 2 aromatic carbocycles. The first-order valence-corrected chi connectivity index (χ1v) is 10.2. The number of para-hydroxylation sites is 2. The van der Waals surface area contributed by atoms with Crippen LogP contribution in [0.25, 0.3) is 11.0 Å². The number of fused-ring (bicyclic) bond motifs is 2. The first-order chi connectivity index (χ1) is 14.1. The third kappa shape index (κ3) is 4.43. The van der Waals surface area contributed by atoms with Gasteiger partial charge in [0.25, 0.3) is 0 Å². The minimum absolute atomic E-state index is 0.277. The molecular formula is C23H27N3O3. The molecule has 2 heterocycles. The molecular weight excluding hydrogens is 366 g/mol. The Morgan fingerprint density at radius 1 is 1.14 bits per heavy atom. The van der Waals surface area contributed by atoms with E-state index in [1.165, 1.54) is 5.52 Å². The number of imidazole rings is 1. The van der Waals surface area contributed by atoms with Crippen LogP contribution in [0.4, 0.5) is 0 Å². The number of rotatable bonds is 7. The summed E-state index contributed by atoms with van der Waals surface area (Å²) in [4.78, 5) is 18.2. The molecule has 1 N–H and O–H groups in total. The zero-order valence-electron chi connectivity index (χ0n) is 16.8. The minimum Gasteiger partial charge on any atom is -0.492 e. The molecule has 29 heavy (non-hydrogen) atoms. The molecule has 1 aliphatic heterocycles. The van der Waals surface area contributed by atoms with Gasteiger partial charge in [-0.25, -0.2) is 9.78 Å². The molecule has 4 rings (SSSR count). The van der Waals surface area contributed by atoms with E-state index >= 15 is 0 Å². The van der Waals surface area contributed by atoms with Crippen molar-refractivity contribution in [1.29, 1.82) is 0 Å². The van der Waals surface area contributed by atoms with Gasteiger partial charge in [-0.3, -0.25) is 4.90 Å². The number of hydrogen-bond donors (Lipinski definition) is 1. The van der Waals surface area contributed by atoms with Crippen molar-refractivity contribution < 1.29 is 14.6 Å². The molecule has 1 aliphatic rings. The number of benzene rings is 2. The number of nitrogens with zero attached hydrogens (tertiary/aromatic N) is 3. The maximum Gasteiger partial charge on any atom is 0.335 e. The predicted octanol–water partition coefficient (Wildman–Crippen LogP) is 4.11. The van der Waals surface area contributed by atoms with Gasteiger partial charge in [-0.1, -0.05) is 24.6 Å². The summed E-state index contributed by atoms with van der Waals surface area (Å²) >= 11 is 0. The van der Waals surface area contributed by atoms with Crippen molar-refractivity contribution in [2.45, 2.75) is 39.3 Å². The second kappa shape index (κ2) is 8.66. The molecule has 0 radical (unpaired) electrons. The molecule has 6 heteroatoms. The SMILES string of the molecule is Cc1nc2ccccc2n1CCCCCN1CCOc2cc(C(=O)O)ccc2C1.